The summed E-state index contributed by atoms with van der Waals surface area (Å²) < 4.78 is 5.14. The van der Waals surface area contributed by atoms with Crippen LogP contribution in [-0.2, 0) is 11.3 Å². The highest BCUT2D eigenvalue weighted by Crippen LogP contribution is 2.10. The number of esters is 1. The zero-order valence-corrected chi connectivity index (χ0v) is 9.97. The lowest BCUT2D eigenvalue weighted by Gasteiger charge is -2.03. The van der Waals surface area contributed by atoms with Crippen LogP contribution in [0.5, 0.6) is 0 Å². The summed E-state index contributed by atoms with van der Waals surface area (Å²) in [6, 6.07) is 10.9. The molecule has 0 aliphatic heterocycles. The first-order valence-corrected chi connectivity index (χ1v) is 5.56. The van der Waals surface area contributed by atoms with Crippen molar-refractivity contribution >= 4 is 12.3 Å². The second kappa shape index (κ2) is 5.31. The zero-order chi connectivity index (χ0) is 13.0. The molecule has 4 nitrogen and oxygen atoms in total. The molecule has 1 aromatic carbocycles. The Labute approximate surface area is 105 Å². The highest BCUT2D eigenvalue weighted by Gasteiger charge is 2.12. The quantitative estimate of drug-likeness (QED) is 0.663. The molecule has 0 spiro atoms. The van der Waals surface area contributed by atoms with Crippen LogP contribution >= 0.6 is 0 Å². The van der Waals surface area contributed by atoms with Gasteiger partial charge in [-0.25, -0.2) is 4.79 Å². The third-order valence-electron chi connectivity index (χ3n) is 2.61. The molecule has 0 bridgehead atoms. The number of hydrogen-bond acceptors (Lipinski definition) is 3. The van der Waals surface area contributed by atoms with E-state index in [1.165, 1.54) is 6.07 Å². The van der Waals surface area contributed by atoms with Gasteiger partial charge in [0.05, 0.1) is 0 Å². The van der Waals surface area contributed by atoms with E-state index in [0.29, 0.717) is 23.2 Å². The summed E-state index contributed by atoms with van der Waals surface area (Å²) in [5, 5.41) is 0. The molecule has 92 valence electrons. The Morgan fingerprint density at radius 1 is 1.33 bits per heavy atom. The van der Waals surface area contributed by atoms with Gasteiger partial charge in [0, 0.05) is 11.3 Å². The highest BCUT2D eigenvalue weighted by atomic mass is 16.5. The van der Waals surface area contributed by atoms with E-state index in [1.54, 1.807) is 6.92 Å². The van der Waals surface area contributed by atoms with Crippen molar-refractivity contribution in [3.05, 3.63) is 58.9 Å². The fraction of sp³-hybridized carbons (Fsp3) is 0.143. The van der Waals surface area contributed by atoms with E-state index >= 15 is 0 Å². The molecule has 0 atom stereocenters. The number of aryl methyl sites for hydroxylation is 1. The molecule has 1 N–H and O–H groups in total. The van der Waals surface area contributed by atoms with Crippen molar-refractivity contribution in [2.24, 2.45) is 0 Å². The molecule has 0 saturated heterocycles. The third kappa shape index (κ3) is 2.66. The van der Waals surface area contributed by atoms with Crippen LogP contribution in [0, 0.1) is 6.92 Å². The SMILES string of the molecule is Cc1[nH]c(C(=O)OCc2ccccc2)cc1C=O. The van der Waals surface area contributed by atoms with Gasteiger partial charge in [-0.1, -0.05) is 30.3 Å². The highest BCUT2D eigenvalue weighted by molar-refractivity contribution is 5.90. The molecule has 1 heterocycles. The molecule has 18 heavy (non-hydrogen) atoms. The number of benzene rings is 1. The van der Waals surface area contributed by atoms with E-state index in [1.807, 2.05) is 30.3 Å². The molecule has 0 aliphatic rings. The zero-order valence-electron chi connectivity index (χ0n) is 9.97. The molecular weight excluding hydrogens is 230 g/mol. The van der Waals surface area contributed by atoms with Crippen LogP contribution in [-0.4, -0.2) is 17.2 Å². The van der Waals surface area contributed by atoms with Gasteiger partial charge in [0.1, 0.15) is 12.3 Å². The van der Waals surface area contributed by atoms with Gasteiger partial charge in [-0.05, 0) is 18.6 Å². The first kappa shape index (κ1) is 12.1. The first-order valence-electron chi connectivity index (χ1n) is 5.56. The van der Waals surface area contributed by atoms with Gasteiger partial charge in [0.15, 0.2) is 6.29 Å². The molecule has 0 saturated carbocycles. The average Bonchev–Trinajstić information content (AvgIpc) is 2.78. The smallest absolute Gasteiger partial charge is 0.355 e. The predicted octanol–water partition coefficient (Wildman–Crippen LogP) is 2.49. The van der Waals surface area contributed by atoms with E-state index < -0.39 is 5.97 Å². The van der Waals surface area contributed by atoms with Crippen LogP contribution in [0.25, 0.3) is 0 Å². The third-order valence-corrected chi connectivity index (χ3v) is 2.61. The summed E-state index contributed by atoms with van der Waals surface area (Å²) >= 11 is 0. The summed E-state index contributed by atoms with van der Waals surface area (Å²) in [5.74, 6) is -0.463. The lowest BCUT2D eigenvalue weighted by Crippen LogP contribution is -2.05. The van der Waals surface area contributed by atoms with Crippen LogP contribution in [0.3, 0.4) is 0 Å². The number of hydrogen-bond donors (Lipinski definition) is 1. The van der Waals surface area contributed by atoms with E-state index in [2.05, 4.69) is 4.98 Å². The molecule has 4 heteroatoms. The number of H-pyrrole nitrogens is 1. The van der Waals surface area contributed by atoms with Crippen molar-refractivity contribution < 1.29 is 14.3 Å². The monoisotopic (exact) mass is 243 g/mol. The molecular formula is C14H13NO3. The summed E-state index contributed by atoms with van der Waals surface area (Å²) in [7, 11) is 0. The Hall–Kier alpha value is -2.36. The fourth-order valence-corrected chi connectivity index (χ4v) is 1.61. The molecule has 0 fully saturated rings. The van der Waals surface area contributed by atoms with Crippen molar-refractivity contribution in [1.29, 1.82) is 0 Å². The summed E-state index contributed by atoms with van der Waals surface area (Å²) in [4.78, 5) is 25.2. The summed E-state index contributed by atoms with van der Waals surface area (Å²) in [6.45, 7) is 1.95. The molecule has 0 amide bonds. The topological polar surface area (TPSA) is 59.2 Å². The van der Waals surface area contributed by atoms with E-state index in [4.69, 9.17) is 4.74 Å². The molecule has 0 radical (unpaired) electrons. The number of ether oxygens (including phenoxy) is 1. The van der Waals surface area contributed by atoms with Gasteiger partial charge in [0.25, 0.3) is 0 Å². The minimum atomic E-state index is -0.463. The molecule has 0 aliphatic carbocycles. The van der Waals surface area contributed by atoms with Gasteiger partial charge in [0.2, 0.25) is 0 Å². The second-order valence-electron chi connectivity index (χ2n) is 3.94. The lowest BCUT2D eigenvalue weighted by atomic mass is 10.2. The lowest BCUT2D eigenvalue weighted by molar-refractivity contribution is 0.0466. The molecule has 2 aromatic rings. The minimum absolute atomic E-state index is 0.216. The van der Waals surface area contributed by atoms with Crippen LogP contribution in [0.4, 0.5) is 0 Å². The van der Waals surface area contributed by atoms with Crippen molar-refractivity contribution in [2.75, 3.05) is 0 Å². The summed E-state index contributed by atoms with van der Waals surface area (Å²) in [6.07, 6.45) is 0.708. The maximum atomic E-state index is 11.7. The molecule has 0 unspecified atom stereocenters. The Morgan fingerprint density at radius 2 is 2.06 bits per heavy atom. The largest absolute Gasteiger partial charge is 0.456 e. The molecule has 1 aromatic heterocycles. The van der Waals surface area contributed by atoms with Crippen LogP contribution < -0.4 is 0 Å². The summed E-state index contributed by atoms with van der Waals surface area (Å²) in [5.41, 5.74) is 2.36. The maximum Gasteiger partial charge on any atom is 0.355 e. The Kier molecular flexibility index (Phi) is 3.57. The predicted molar refractivity (Wildman–Crippen MR) is 66.5 cm³/mol. The average molecular weight is 243 g/mol. The fourth-order valence-electron chi connectivity index (χ4n) is 1.61. The second-order valence-corrected chi connectivity index (χ2v) is 3.94. The van der Waals surface area contributed by atoms with Gasteiger partial charge in [-0.2, -0.15) is 0 Å². The number of aromatic amines is 1. The van der Waals surface area contributed by atoms with Crippen LogP contribution in [0.2, 0.25) is 0 Å². The van der Waals surface area contributed by atoms with Crippen molar-refractivity contribution in [1.82, 2.24) is 4.98 Å². The first-order chi connectivity index (χ1) is 8.70. The normalized spacial score (nSPS) is 10.1. The number of rotatable bonds is 4. The van der Waals surface area contributed by atoms with Gasteiger partial charge >= 0.3 is 5.97 Å². The number of carbonyl (C=O) groups is 2. The Balaban J connectivity index is 2.01. The van der Waals surface area contributed by atoms with E-state index in [-0.39, 0.29) is 6.61 Å². The van der Waals surface area contributed by atoms with Gasteiger partial charge in [-0.3, -0.25) is 4.79 Å². The van der Waals surface area contributed by atoms with Crippen molar-refractivity contribution in [3.8, 4) is 0 Å². The Bertz CT molecular complexity index is 558. The standard InChI is InChI=1S/C14H13NO3/c1-10-12(8-16)7-13(15-10)14(17)18-9-11-5-3-2-4-6-11/h2-8,15H,9H2,1H3. The number of aldehydes is 1. The van der Waals surface area contributed by atoms with Crippen molar-refractivity contribution in [2.45, 2.75) is 13.5 Å². The Morgan fingerprint density at radius 3 is 2.67 bits per heavy atom. The molecule has 2 rings (SSSR count). The number of nitrogens with one attached hydrogen (secondary N) is 1. The maximum absolute atomic E-state index is 11.7. The number of aromatic nitrogens is 1. The van der Waals surface area contributed by atoms with E-state index in [0.717, 1.165) is 5.56 Å². The minimum Gasteiger partial charge on any atom is -0.456 e. The van der Waals surface area contributed by atoms with Crippen LogP contribution in [0.1, 0.15) is 32.1 Å². The van der Waals surface area contributed by atoms with Crippen molar-refractivity contribution in [3.63, 3.8) is 0 Å². The van der Waals surface area contributed by atoms with Gasteiger partial charge in [-0.15, -0.1) is 0 Å². The van der Waals surface area contributed by atoms with Crippen LogP contribution in [0.15, 0.2) is 36.4 Å². The van der Waals surface area contributed by atoms with Gasteiger partial charge < -0.3 is 9.72 Å². The number of carbonyl (C=O) groups excluding carboxylic acids is 2. The van der Waals surface area contributed by atoms with E-state index in [9.17, 15) is 9.59 Å².